The molecular weight excluding hydrogens is 811 g/mol. The second-order valence-electron chi connectivity index (χ2n) is 21.6. The van der Waals surface area contributed by atoms with Crippen molar-refractivity contribution in [2.24, 2.45) is 33.0 Å². The van der Waals surface area contributed by atoms with Crippen LogP contribution in [0.3, 0.4) is 0 Å². The molecule has 0 radical (unpaired) electrons. The van der Waals surface area contributed by atoms with Crippen molar-refractivity contribution in [3.63, 3.8) is 0 Å². The first-order valence-electron chi connectivity index (χ1n) is 21.3. The molecule has 8 rings (SSSR count). The standard InChI is InChI=1S/C29H37.C10H15.2C7H7.CH2.2ClH.Zr/c1-18-25-22-17-19-13-9-10-14-20(19)24(22)21-15-11-12-16-23(21)29(25,8)28(6,7)27(4,5)26(18,2)3;1-8-6-5-7-9(8)10(2,3)4;2*1-7-5-3-2-4-6-7;;;;/h9-11,13-15,23H,12,16-17H2,1-8H3;6H,5H2,1-4H3;2*3-6H,1H3;1H2;2*1H;. The van der Waals surface area contributed by atoms with Gasteiger partial charge in [-0.2, -0.15) is 0 Å². The zero-order valence-electron chi connectivity index (χ0n) is 37.6. The summed E-state index contributed by atoms with van der Waals surface area (Å²) in [5, 5.41) is 0. The molecule has 5 aliphatic rings. The third kappa shape index (κ3) is 5.04. The monoisotopic (exact) mass is 878 g/mol. The molecule has 3 aromatic carbocycles. The molecule has 3 unspecified atom stereocenters. The van der Waals surface area contributed by atoms with Crippen LogP contribution in [-0.4, -0.2) is 4.21 Å². The van der Waals surface area contributed by atoms with Gasteiger partial charge in [0, 0.05) is 0 Å². The fourth-order valence-corrected chi connectivity index (χ4v) is 36.3. The summed E-state index contributed by atoms with van der Waals surface area (Å²) in [6.07, 6.45) is 11.9. The summed E-state index contributed by atoms with van der Waals surface area (Å²) in [4.78, 5) is 0. The van der Waals surface area contributed by atoms with Crippen molar-refractivity contribution in [1.29, 1.82) is 0 Å². The van der Waals surface area contributed by atoms with Gasteiger partial charge in [0.2, 0.25) is 0 Å². The van der Waals surface area contributed by atoms with E-state index >= 15 is 0 Å². The molecule has 0 nitrogen and oxygen atoms in total. The Morgan fingerprint density at radius 2 is 1.25 bits per heavy atom. The van der Waals surface area contributed by atoms with E-state index in [1.165, 1.54) is 40.8 Å². The van der Waals surface area contributed by atoms with E-state index in [0.29, 0.717) is 5.92 Å². The van der Waals surface area contributed by atoms with E-state index in [1.807, 2.05) is 0 Å². The molecule has 1 saturated carbocycles. The van der Waals surface area contributed by atoms with E-state index in [9.17, 15) is 0 Å². The van der Waals surface area contributed by atoms with Crippen LogP contribution in [0.15, 0.2) is 122 Å². The molecule has 1 fully saturated rings. The molecule has 0 heterocycles. The summed E-state index contributed by atoms with van der Waals surface area (Å²) < 4.78 is 10.7. The molecule has 0 N–H and O–H groups in total. The summed E-state index contributed by atoms with van der Waals surface area (Å²) in [6, 6.07) is 29.4. The molecule has 3 heteroatoms. The van der Waals surface area contributed by atoms with Crippen LogP contribution < -0.4 is 6.54 Å². The topological polar surface area (TPSA) is 0 Å². The summed E-state index contributed by atoms with van der Waals surface area (Å²) in [7, 11) is 0. The van der Waals surface area contributed by atoms with E-state index in [2.05, 4.69) is 188 Å². The van der Waals surface area contributed by atoms with Gasteiger partial charge < -0.3 is 0 Å². The molecule has 304 valence electrons. The Labute approximate surface area is 359 Å². The molecule has 0 bridgehead atoms. The molecule has 5 aliphatic carbocycles. The van der Waals surface area contributed by atoms with Crippen molar-refractivity contribution in [3.8, 4) is 0 Å². The Hall–Kier alpha value is -2.31. The molecular formula is C54H70Cl2Zr. The molecule has 0 aromatic heterocycles. The zero-order chi connectivity index (χ0) is 40.0. The van der Waals surface area contributed by atoms with E-state index in [-0.39, 0.29) is 55.0 Å². The summed E-state index contributed by atoms with van der Waals surface area (Å²) in [5.41, 5.74) is 14.7. The molecule has 0 saturated heterocycles. The number of rotatable bonds is 4. The normalized spacial score (nSPS) is 27.1. The third-order valence-electron chi connectivity index (χ3n) is 18.4. The number of fused-ring (bicyclic) bond motifs is 6. The SMILES string of the molecule is Cl.Cl.[CH2]=[Zr]([C]1=C(C(C)(C)C)C(C)=CC1)([c]1ccc(C)cc1)([c]1ccc(C)cc1)[C]1(C)C2=C3Cc4ccccc4C3=C3C=CCCC3C2(C)C(C)(C)C(C)(C)C1(C)C. The van der Waals surface area contributed by atoms with Crippen LogP contribution in [0.4, 0.5) is 0 Å². The first-order valence-corrected chi connectivity index (χ1v) is 28.0. The molecule has 57 heavy (non-hydrogen) atoms. The van der Waals surface area contributed by atoms with E-state index in [0.717, 1.165) is 19.3 Å². The molecule has 3 atom stereocenters. The van der Waals surface area contributed by atoms with Gasteiger partial charge in [0.15, 0.2) is 0 Å². The number of halogens is 2. The van der Waals surface area contributed by atoms with Crippen molar-refractivity contribution in [3.05, 3.63) is 144 Å². The van der Waals surface area contributed by atoms with Crippen LogP contribution in [0.5, 0.6) is 0 Å². The van der Waals surface area contributed by atoms with Crippen molar-refractivity contribution in [2.75, 3.05) is 0 Å². The van der Waals surface area contributed by atoms with Crippen LogP contribution in [0.2, 0.25) is 3.12 Å². The Morgan fingerprint density at radius 3 is 1.79 bits per heavy atom. The van der Waals surface area contributed by atoms with Gasteiger partial charge in [-0.1, -0.05) is 0 Å². The minimum atomic E-state index is -5.39. The van der Waals surface area contributed by atoms with Crippen molar-refractivity contribution >= 4 is 41.1 Å². The first kappa shape index (κ1) is 44.3. The summed E-state index contributed by atoms with van der Waals surface area (Å²) in [5.74, 6) is 0.421. The van der Waals surface area contributed by atoms with E-state index in [4.69, 9.17) is 4.21 Å². The molecule has 0 amide bonds. The van der Waals surface area contributed by atoms with Gasteiger partial charge >= 0.3 is 338 Å². The third-order valence-corrected chi connectivity index (χ3v) is 38.3. The number of hydrogen-bond acceptors (Lipinski definition) is 0. The van der Waals surface area contributed by atoms with Crippen molar-refractivity contribution < 1.29 is 18.3 Å². The average molecular weight is 881 g/mol. The van der Waals surface area contributed by atoms with Crippen LogP contribution in [0.25, 0.3) is 5.57 Å². The van der Waals surface area contributed by atoms with E-state index < -0.39 is 18.3 Å². The predicted octanol–water partition coefficient (Wildman–Crippen LogP) is 14.4. The molecule has 0 spiro atoms. The maximum atomic E-state index is 6.33. The van der Waals surface area contributed by atoms with Gasteiger partial charge in [-0.05, 0) is 0 Å². The van der Waals surface area contributed by atoms with Gasteiger partial charge in [-0.25, -0.2) is 0 Å². The quantitative estimate of drug-likeness (QED) is 0.245. The van der Waals surface area contributed by atoms with Gasteiger partial charge in [0.1, 0.15) is 0 Å². The van der Waals surface area contributed by atoms with Gasteiger partial charge in [-0.3, -0.25) is 0 Å². The fourth-order valence-electron chi connectivity index (χ4n) is 14.4. The first-order chi connectivity index (χ1) is 25.5. The van der Waals surface area contributed by atoms with E-state index in [1.54, 1.807) is 31.1 Å². The van der Waals surface area contributed by atoms with Crippen molar-refractivity contribution in [1.82, 2.24) is 0 Å². The number of allylic oxidation sites excluding steroid dienone is 10. The second-order valence-corrected chi connectivity index (χ2v) is 35.6. The van der Waals surface area contributed by atoms with Crippen LogP contribution in [0, 0.1) is 46.8 Å². The summed E-state index contributed by atoms with van der Waals surface area (Å²) >= 11 is -5.39. The van der Waals surface area contributed by atoms with Gasteiger partial charge in [0.25, 0.3) is 0 Å². The van der Waals surface area contributed by atoms with Crippen LogP contribution >= 0.6 is 24.8 Å². The number of hydrogen-bond donors (Lipinski definition) is 0. The molecule has 0 aliphatic heterocycles. The summed E-state index contributed by atoms with van der Waals surface area (Å²) in [6.45, 7) is 36.0. The minimum absolute atomic E-state index is 0. The van der Waals surface area contributed by atoms with Crippen LogP contribution in [-0.2, 0) is 24.7 Å². The zero-order valence-corrected chi connectivity index (χ0v) is 41.7. The Morgan fingerprint density at radius 1 is 0.702 bits per heavy atom. The van der Waals surface area contributed by atoms with Gasteiger partial charge in [0.05, 0.1) is 0 Å². The Balaban J connectivity index is 0.00000275. The van der Waals surface area contributed by atoms with Crippen molar-refractivity contribution in [2.45, 2.75) is 126 Å². The Kier molecular flexibility index (Phi) is 10.6. The molecule has 3 aromatic rings. The second kappa shape index (κ2) is 13.6. The predicted molar refractivity (Wildman–Crippen MR) is 252 cm³/mol. The Bertz CT molecular complexity index is 2330. The van der Waals surface area contributed by atoms with Gasteiger partial charge in [-0.15, -0.1) is 24.8 Å². The fraction of sp³-hybridized carbons (Fsp3) is 0.463. The number of aryl methyl sites for hydroxylation is 2. The average Bonchev–Trinajstić information content (AvgIpc) is 3.72. The number of benzene rings is 3. The maximum absolute atomic E-state index is 6.33. The van der Waals surface area contributed by atoms with Crippen LogP contribution in [0.1, 0.15) is 125 Å².